The van der Waals surface area contributed by atoms with Gasteiger partial charge in [0, 0.05) is 22.3 Å². The number of urea groups is 1. The Balaban J connectivity index is 1.57. The second-order valence-electron chi connectivity index (χ2n) is 7.44. The van der Waals surface area contributed by atoms with Gasteiger partial charge in [0.1, 0.15) is 0 Å². The summed E-state index contributed by atoms with van der Waals surface area (Å²) in [5.41, 5.74) is 2.15. The van der Waals surface area contributed by atoms with E-state index in [1.165, 1.54) is 11.8 Å². The molecule has 2 aromatic heterocycles. The van der Waals surface area contributed by atoms with Gasteiger partial charge in [-0.25, -0.2) is 9.59 Å². The number of imide groups is 1. The van der Waals surface area contributed by atoms with Gasteiger partial charge in [-0.1, -0.05) is 18.9 Å². The molecule has 1 atom stereocenters. The van der Waals surface area contributed by atoms with E-state index in [0.29, 0.717) is 12.1 Å². The molecule has 0 aromatic carbocycles. The van der Waals surface area contributed by atoms with Crippen molar-refractivity contribution in [2.24, 2.45) is 0 Å². The molecule has 0 aliphatic heterocycles. The van der Waals surface area contributed by atoms with Gasteiger partial charge in [0.15, 0.2) is 6.10 Å². The highest BCUT2D eigenvalue weighted by Gasteiger charge is 2.25. The van der Waals surface area contributed by atoms with Crippen molar-refractivity contribution in [3.63, 3.8) is 0 Å². The maximum absolute atomic E-state index is 12.6. The Morgan fingerprint density at radius 2 is 2.00 bits per heavy atom. The molecule has 0 saturated heterocycles. The third kappa shape index (κ3) is 5.26. The summed E-state index contributed by atoms with van der Waals surface area (Å²) in [6.45, 7) is 5.93. The standard InChI is InChI=1S/C21H27N3O4S/c1-13-11-18(14(2)24(13)12-17-9-6-10-29-17)20(26)28-15(3)19(25)23-21(27)22-16-7-4-5-8-16/h6,9-11,15-16H,4-5,7-8,12H2,1-3H3,(H2,22,23,25,27)/t15-/m0/s1. The lowest BCUT2D eigenvalue weighted by atomic mass is 10.2. The van der Waals surface area contributed by atoms with Gasteiger partial charge in [-0.15, -0.1) is 11.3 Å². The molecule has 0 unspecified atom stereocenters. The molecule has 29 heavy (non-hydrogen) atoms. The zero-order valence-corrected chi connectivity index (χ0v) is 17.8. The van der Waals surface area contributed by atoms with Crippen molar-refractivity contribution >= 4 is 29.2 Å². The third-order valence-corrected chi connectivity index (χ3v) is 6.13. The zero-order chi connectivity index (χ0) is 21.0. The quantitative estimate of drug-likeness (QED) is 0.704. The van der Waals surface area contributed by atoms with Crippen LogP contribution < -0.4 is 10.6 Å². The average molecular weight is 418 g/mol. The largest absolute Gasteiger partial charge is 0.449 e. The Morgan fingerprint density at radius 3 is 2.66 bits per heavy atom. The van der Waals surface area contributed by atoms with Crippen LogP contribution in [0.5, 0.6) is 0 Å². The van der Waals surface area contributed by atoms with Crippen molar-refractivity contribution in [2.75, 3.05) is 0 Å². The number of nitrogens with zero attached hydrogens (tertiary/aromatic N) is 1. The number of carbonyl (C=O) groups excluding carboxylic acids is 3. The first-order chi connectivity index (χ1) is 13.8. The van der Waals surface area contributed by atoms with Crippen LogP contribution in [0.1, 0.15) is 59.2 Å². The van der Waals surface area contributed by atoms with Gasteiger partial charge in [0.2, 0.25) is 0 Å². The Bertz CT molecular complexity index is 882. The molecular weight excluding hydrogens is 390 g/mol. The van der Waals surface area contributed by atoms with E-state index in [2.05, 4.69) is 10.6 Å². The number of thiophene rings is 1. The minimum absolute atomic E-state index is 0.106. The van der Waals surface area contributed by atoms with Gasteiger partial charge < -0.3 is 14.6 Å². The molecule has 3 amide bonds. The minimum Gasteiger partial charge on any atom is -0.449 e. The van der Waals surface area contributed by atoms with Crippen molar-refractivity contribution in [3.8, 4) is 0 Å². The van der Waals surface area contributed by atoms with Crippen LogP contribution in [0, 0.1) is 13.8 Å². The summed E-state index contributed by atoms with van der Waals surface area (Å²) >= 11 is 1.66. The van der Waals surface area contributed by atoms with Crippen molar-refractivity contribution in [1.29, 1.82) is 0 Å². The second kappa shape index (κ2) is 9.26. The number of hydrogen-bond acceptors (Lipinski definition) is 5. The van der Waals surface area contributed by atoms with E-state index in [1.54, 1.807) is 17.4 Å². The highest BCUT2D eigenvalue weighted by molar-refractivity contribution is 7.09. The summed E-state index contributed by atoms with van der Waals surface area (Å²) < 4.78 is 7.36. The lowest BCUT2D eigenvalue weighted by Crippen LogP contribution is -2.47. The summed E-state index contributed by atoms with van der Waals surface area (Å²) in [5, 5.41) is 7.05. The lowest BCUT2D eigenvalue weighted by Gasteiger charge is -2.15. The number of esters is 1. The number of ether oxygens (including phenoxy) is 1. The highest BCUT2D eigenvalue weighted by atomic mass is 32.1. The molecule has 0 spiro atoms. The SMILES string of the molecule is Cc1cc(C(=O)O[C@@H](C)C(=O)NC(=O)NC2CCCC2)c(C)n1Cc1cccs1. The predicted molar refractivity (Wildman–Crippen MR) is 111 cm³/mol. The van der Waals surface area contributed by atoms with E-state index in [4.69, 9.17) is 4.74 Å². The van der Waals surface area contributed by atoms with Crippen LogP contribution in [0.2, 0.25) is 0 Å². The maximum Gasteiger partial charge on any atom is 0.340 e. The molecule has 2 N–H and O–H groups in total. The average Bonchev–Trinajstić information content (AvgIpc) is 3.41. The van der Waals surface area contributed by atoms with Crippen molar-refractivity contribution in [1.82, 2.24) is 15.2 Å². The molecule has 1 fully saturated rings. The number of aryl methyl sites for hydroxylation is 1. The lowest BCUT2D eigenvalue weighted by molar-refractivity contribution is -0.127. The summed E-state index contributed by atoms with van der Waals surface area (Å²) in [6, 6.07) is 5.37. The van der Waals surface area contributed by atoms with Crippen LogP contribution in [-0.4, -0.2) is 34.6 Å². The Hall–Kier alpha value is -2.61. The van der Waals surface area contributed by atoms with Gasteiger partial charge in [0.25, 0.3) is 5.91 Å². The first-order valence-electron chi connectivity index (χ1n) is 9.86. The van der Waals surface area contributed by atoms with Crippen LogP contribution in [0.3, 0.4) is 0 Å². The third-order valence-electron chi connectivity index (χ3n) is 5.27. The van der Waals surface area contributed by atoms with E-state index in [0.717, 1.165) is 37.1 Å². The van der Waals surface area contributed by atoms with Gasteiger partial charge >= 0.3 is 12.0 Å². The van der Waals surface area contributed by atoms with Crippen LogP contribution >= 0.6 is 11.3 Å². The molecule has 1 saturated carbocycles. The molecule has 2 aromatic rings. The molecule has 0 radical (unpaired) electrons. The first-order valence-corrected chi connectivity index (χ1v) is 10.7. The normalized spacial score (nSPS) is 15.1. The Kier molecular flexibility index (Phi) is 6.74. The molecule has 0 bridgehead atoms. The Labute approximate surface area is 174 Å². The van der Waals surface area contributed by atoms with Gasteiger partial charge in [-0.2, -0.15) is 0 Å². The van der Waals surface area contributed by atoms with E-state index in [-0.39, 0.29) is 6.04 Å². The number of nitrogens with one attached hydrogen (secondary N) is 2. The smallest absolute Gasteiger partial charge is 0.340 e. The molecule has 1 aliphatic rings. The minimum atomic E-state index is -1.07. The maximum atomic E-state index is 12.6. The summed E-state index contributed by atoms with van der Waals surface area (Å²) in [5.74, 6) is -1.21. The van der Waals surface area contributed by atoms with Crippen molar-refractivity contribution in [2.45, 2.75) is 65.1 Å². The molecule has 156 valence electrons. The van der Waals surface area contributed by atoms with Gasteiger partial charge in [0.05, 0.1) is 12.1 Å². The van der Waals surface area contributed by atoms with E-state index >= 15 is 0 Å². The fraction of sp³-hybridized carbons (Fsp3) is 0.476. The fourth-order valence-corrected chi connectivity index (χ4v) is 4.28. The molecule has 1 aliphatic carbocycles. The topological polar surface area (TPSA) is 89.4 Å². The molecular formula is C21H27N3O4S. The fourth-order valence-electron chi connectivity index (χ4n) is 3.59. The number of rotatable bonds is 6. The first kappa shape index (κ1) is 21.1. The van der Waals surface area contributed by atoms with Crippen LogP contribution in [0.4, 0.5) is 4.79 Å². The summed E-state index contributed by atoms with van der Waals surface area (Å²) in [7, 11) is 0. The number of amides is 3. The monoisotopic (exact) mass is 417 g/mol. The molecule has 3 rings (SSSR count). The zero-order valence-electron chi connectivity index (χ0n) is 17.0. The highest BCUT2D eigenvalue weighted by Crippen LogP contribution is 2.20. The predicted octanol–water partition coefficient (Wildman–Crippen LogP) is 3.53. The van der Waals surface area contributed by atoms with E-state index in [1.807, 2.05) is 35.9 Å². The number of aromatic nitrogens is 1. The van der Waals surface area contributed by atoms with Gasteiger partial charge in [-0.3, -0.25) is 10.1 Å². The van der Waals surface area contributed by atoms with Crippen LogP contribution in [-0.2, 0) is 16.1 Å². The number of carbonyl (C=O) groups is 3. The molecule has 2 heterocycles. The van der Waals surface area contributed by atoms with Crippen LogP contribution in [0.25, 0.3) is 0 Å². The molecule has 8 heteroatoms. The number of hydrogen-bond donors (Lipinski definition) is 2. The summed E-state index contributed by atoms with van der Waals surface area (Å²) in [6.07, 6.45) is 2.94. The second-order valence-corrected chi connectivity index (χ2v) is 8.47. The van der Waals surface area contributed by atoms with Gasteiger partial charge in [-0.05, 0) is 51.1 Å². The summed E-state index contributed by atoms with van der Waals surface area (Å²) in [4.78, 5) is 37.9. The van der Waals surface area contributed by atoms with Crippen molar-refractivity contribution < 1.29 is 19.1 Å². The van der Waals surface area contributed by atoms with Crippen LogP contribution in [0.15, 0.2) is 23.6 Å². The van der Waals surface area contributed by atoms with Crippen molar-refractivity contribution in [3.05, 3.63) is 45.4 Å². The van der Waals surface area contributed by atoms with E-state index in [9.17, 15) is 14.4 Å². The Morgan fingerprint density at radius 1 is 1.28 bits per heavy atom. The molecule has 7 nitrogen and oxygen atoms in total. The van der Waals surface area contributed by atoms with E-state index < -0.39 is 24.0 Å².